The number of carbonyl (C=O) groups is 1. The fourth-order valence-electron chi connectivity index (χ4n) is 1.53. The quantitative estimate of drug-likeness (QED) is 0.383. The van der Waals surface area contributed by atoms with Gasteiger partial charge in [-0.3, -0.25) is 10.2 Å². The molecule has 2 aromatic rings. The maximum absolute atomic E-state index is 13.7. The van der Waals surface area contributed by atoms with E-state index in [1.165, 1.54) is 30.0 Å². The van der Waals surface area contributed by atoms with Gasteiger partial charge in [-0.05, 0) is 51.8 Å². The molecule has 4 nitrogen and oxygen atoms in total. The van der Waals surface area contributed by atoms with Crippen LogP contribution < -0.4 is 11.3 Å². The molecule has 0 radical (unpaired) electrons. The van der Waals surface area contributed by atoms with Crippen LogP contribution in [0, 0.1) is 5.82 Å². The van der Waals surface area contributed by atoms with Crippen molar-refractivity contribution < 1.29 is 9.18 Å². The fourth-order valence-corrected chi connectivity index (χ4v) is 2.99. The summed E-state index contributed by atoms with van der Waals surface area (Å²) in [5.41, 5.74) is 2.77. The molecule has 0 unspecified atom stereocenters. The topological polar surface area (TPSA) is 68.0 Å². The first-order chi connectivity index (χ1) is 9.61. The van der Waals surface area contributed by atoms with Crippen molar-refractivity contribution in [3.05, 3.63) is 57.9 Å². The third-order valence-electron chi connectivity index (χ3n) is 2.53. The van der Waals surface area contributed by atoms with Crippen LogP contribution in [0.3, 0.4) is 0 Å². The highest BCUT2D eigenvalue weighted by molar-refractivity contribution is 9.10. The summed E-state index contributed by atoms with van der Waals surface area (Å²) in [6.45, 7) is 0. The van der Waals surface area contributed by atoms with E-state index in [1.807, 2.05) is 11.5 Å². The van der Waals surface area contributed by atoms with Gasteiger partial charge in [0.1, 0.15) is 10.8 Å². The second-order valence-electron chi connectivity index (χ2n) is 3.86. The Morgan fingerprint density at radius 1 is 1.45 bits per heavy atom. The number of pyridine rings is 1. The Labute approximate surface area is 128 Å². The number of nitrogens with zero attached hydrogens (tertiary/aromatic N) is 1. The lowest BCUT2D eigenvalue weighted by molar-refractivity contribution is 0.0953. The fraction of sp³-hybridized carbons (Fsp3) is 0.0769. The van der Waals surface area contributed by atoms with Gasteiger partial charge in [0.15, 0.2) is 0 Å². The zero-order valence-electron chi connectivity index (χ0n) is 10.3. The Kier molecular flexibility index (Phi) is 5.11. The van der Waals surface area contributed by atoms with E-state index in [4.69, 9.17) is 5.84 Å². The monoisotopic (exact) mass is 355 g/mol. The molecule has 0 aliphatic rings. The maximum Gasteiger partial charge on any atom is 0.265 e. The Hall–Kier alpha value is -1.44. The molecule has 0 aliphatic carbocycles. The van der Waals surface area contributed by atoms with E-state index in [0.29, 0.717) is 16.9 Å². The van der Waals surface area contributed by atoms with E-state index in [1.54, 1.807) is 12.3 Å². The summed E-state index contributed by atoms with van der Waals surface area (Å²) in [7, 11) is 0. The third-order valence-corrected chi connectivity index (χ3v) is 4.48. The zero-order valence-corrected chi connectivity index (χ0v) is 12.7. The molecule has 0 atom stereocenters. The van der Waals surface area contributed by atoms with E-state index in [2.05, 4.69) is 20.9 Å². The van der Waals surface area contributed by atoms with Gasteiger partial charge in [0.25, 0.3) is 5.91 Å². The first-order valence-corrected chi connectivity index (χ1v) is 7.42. The minimum absolute atomic E-state index is 0.324. The van der Waals surface area contributed by atoms with Crippen LogP contribution in [0.15, 0.2) is 46.0 Å². The lowest BCUT2D eigenvalue weighted by Gasteiger charge is -2.06. The van der Waals surface area contributed by atoms with Gasteiger partial charge in [-0.15, -0.1) is 11.8 Å². The molecular weight excluding hydrogens is 345 g/mol. The predicted octanol–water partition coefficient (Wildman–Crippen LogP) is 2.88. The Balaban J connectivity index is 2.17. The van der Waals surface area contributed by atoms with Crippen molar-refractivity contribution in [3.8, 4) is 0 Å². The largest absolute Gasteiger partial charge is 0.290 e. The highest BCUT2D eigenvalue weighted by Crippen LogP contribution is 2.28. The van der Waals surface area contributed by atoms with Gasteiger partial charge in [-0.25, -0.2) is 15.2 Å². The number of nitrogens with one attached hydrogen (secondary N) is 1. The third kappa shape index (κ3) is 3.56. The van der Waals surface area contributed by atoms with Crippen LogP contribution in [-0.4, -0.2) is 10.9 Å². The lowest BCUT2D eigenvalue weighted by atomic mass is 10.1. The van der Waals surface area contributed by atoms with Crippen LogP contribution in [0.1, 0.15) is 15.9 Å². The van der Waals surface area contributed by atoms with Crippen LogP contribution in [0.25, 0.3) is 0 Å². The molecule has 0 saturated carbocycles. The van der Waals surface area contributed by atoms with E-state index in [9.17, 15) is 9.18 Å². The molecule has 7 heteroatoms. The molecule has 2 rings (SSSR count). The number of thioether (sulfide) groups is 1. The van der Waals surface area contributed by atoms with Crippen LogP contribution in [0.5, 0.6) is 0 Å². The van der Waals surface area contributed by atoms with Crippen molar-refractivity contribution in [1.82, 2.24) is 10.4 Å². The molecule has 1 aromatic heterocycles. The standard InChI is InChI=1S/C13H11BrFN3OS/c14-10-2-1-5-17-13(10)20-7-9-6-8(12(19)18-16)3-4-11(9)15/h1-6H,7,16H2,(H,18,19). The number of hydrazine groups is 1. The van der Waals surface area contributed by atoms with Gasteiger partial charge in [-0.1, -0.05) is 0 Å². The predicted molar refractivity (Wildman–Crippen MR) is 79.6 cm³/mol. The first-order valence-electron chi connectivity index (χ1n) is 5.64. The van der Waals surface area contributed by atoms with Gasteiger partial charge in [-0.2, -0.15) is 0 Å². The minimum Gasteiger partial charge on any atom is -0.290 e. The Bertz CT molecular complexity index is 639. The van der Waals surface area contributed by atoms with Crippen molar-refractivity contribution >= 4 is 33.6 Å². The SMILES string of the molecule is NNC(=O)c1ccc(F)c(CSc2ncccc2Br)c1. The molecule has 0 saturated heterocycles. The van der Waals surface area contributed by atoms with Crippen molar-refractivity contribution in [3.63, 3.8) is 0 Å². The average Bonchev–Trinajstić information content (AvgIpc) is 2.47. The molecule has 0 spiro atoms. The molecule has 0 aliphatic heterocycles. The number of carbonyl (C=O) groups excluding carboxylic acids is 1. The summed E-state index contributed by atoms with van der Waals surface area (Å²) in [6, 6.07) is 7.81. The second-order valence-corrected chi connectivity index (χ2v) is 5.68. The Morgan fingerprint density at radius 2 is 2.25 bits per heavy atom. The van der Waals surface area contributed by atoms with Crippen molar-refractivity contribution in [2.45, 2.75) is 10.8 Å². The molecule has 0 fully saturated rings. The summed E-state index contributed by atoms with van der Waals surface area (Å²) < 4.78 is 14.6. The summed E-state index contributed by atoms with van der Waals surface area (Å²) in [6.07, 6.45) is 1.67. The molecular formula is C13H11BrFN3OS. The number of benzene rings is 1. The Morgan fingerprint density at radius 3 is 2.95 bits per heavy atom. The summed E-state index contributed by atoms with van der Waals surface area (Å²) in [5.74, 6) is 4.62. The van der Waals surface area contributed by atoms with Gasteiger partial charge < -0.3 is 0 Å². The molecule has 20 heavy (non-hydrogen) atoms. The summed E-state index contributed by atoms with van der Waals surface area (Å²) in [5, 5.41) is 0.764. The highest BCUT2D eigenvalue weighted by atomic mass is 79.9. The van der Waals surface area contributed by atoms with Crippen LogP contribution >= 0.6 is 27.7 Å². The van der Waals surface area contributed by atoms with Crippen LogP contribution in [0.2, 0.25) is 0 Å². The number of nitrogens with two attached hydrogens (primary N) is 1. The van der Waals surface area contributed by atoms with Crippen molar-refractivity contribution in [1.29, 1.82) is 0 Å². The number of amides is 1. The van der Waals surface area contributed by atoms with Crippen molar-refractivity contribution in [2.24, 2.45) is 5.84 Å². The van der Waals surface area contributed by atoms with Gasteiger partial charge in [0, 0.05) is 22.0 Å². The van der Waals surface area contributed by atoms with E-state index in [-0.39, 0.29) is 5.82 Å². The molecule has 0 bridgehead atoms. The summed E-state index contributed by atoms with van der Waals surface area (Å²) in [4.78, 5) is 15.6. The minimum atomic E-state index is -0.449. The lowest BCUT2D eigenvalue weighted by Crippen LogP contribution is -2.30. The molecule has 104 valence electrons. The highest BCUT2D eigenvalue weighted by Gasteiger charge is 2.10. The van der Waals surface area contributed by atoms with Gasteiger partial charge in [0.2, 0.25) is 0 Å². The average molecular weight is 356 g/mol. The number of hydrogen-bond donors (Lipinski definition) is 2. The second kappa shape index (κ2) is 6.83. The molecule has 1 heterocycles. The first kappa shape index (κ1) is 15.0. The maximum atomic E-state index is 13.7. The number of rotatable bonds is 4. The number of aromatic nitrogens is 1. The smallest absolute Gasteiger partial charge is 0.265 e. The number of halogens is 2. The van der Waals surface area contributed by atoms with E-state index in [0.717, 1.165) is 9.50 Å². The normalized spacial score (nSPS) is 10.3. The number of nitrogen functional groups attached to an aromatic ring is 1. The van der Waals surface area contributed by atoms with Gasteiger partial charge >= 0.3 is 0 Å². The number of hydrogen-bond acceptors (Lipinski definition) is 4. The molecule has 1 amide bonds. The van der Waals surface area contributed by atoms with Crippen LogP contribution in [-0.2, 0) is 5.75 Å². The van der Waals surface area contributed by atoms with E-state index >= 15 is 0 Å². The zero-order chi connectivity index (χ0) is 14.5. The molecule has 1 aromatic carbocycles. The van der Waals surface area contributed by atoms with E-state index < -0.39 is 5.91 Å². The molecule has 3 N–H and O–H groups in total. The summed E-state index contributed by atoms with van der Waals surface area (Å²) >= 11 is 4.76. The van der Waals surface area contributed by atoms with Gasteiger partial charge in [0.05, 0.1) is 0 Å². The van der Waals surface area contributed by atoms with Crippen molar-refractivity contribution in [2.75, 3.05) is 0 Å². The van der Waals surface area contributed by atoms with Crippen LogP contribution in [0.4, 0.5) is 4.39 Å².